The lowest BCUT2D eigenvalue weighted by Gasteiger charge is -2.31. The quantitative estimate of drug-likeness (QED) is 0.470. The molecule has 0 saturated carbocycles. The zero-order valence-electron chi connectivity index (χ0n) is 18.6. The molecule has 1 atom stereocenters. The Morgan fingerprint density at radius 3 is 2.97 bits per heavy atom. The van der Waals surface area contributed by atoms with E-state index in [0.29, 0.717) is 23.6 Å². The van der Waals surface area contributed by atoms with E-state index in [0.717, 1.165) is 51.9 Å². The molecule has 34 heavy (non-hydrogen) atoms. The first-order valence-electron chi connectivity index (χ1n) is 11.5. The third kappa shape index (κ3) is 3.49. The van der Waals surface area contributed by atoms with Gasteiger partial charge >= 0.3 is 5.97 Å². The molecule has 0 amide bonds. The van der Waals surface area contributed by atoms with Crippen LogP contribution in [0, 0.1) is 0 Å². The highest BCUT2D eigenvalue weighted by molar-refractivity contribution is 8.13. The highest BCUT2D eigenvalue weighted by Crippen LogP contribution is 2.47. The number of nitrogens with one attached hydrogen (secondary N) is 2. The molecule has 0 radical (unpaired) electrons. The summed E-state index contributed by atoms with van der Waals surface area (Å²) in [5, 5.41) is 5.06. The number of rotatable bonds is 4. The Hall–Kier alpha value is -3.52. The molecule has 2 aromatic heterocycles. The Kier molecular flexibility index (Phi) is 5.17. The SMILES string of the molecule is CCOC(=O)c1[nH]cc2c1NC1=C(C(=O)CCC1)[C@@H]2c1ccc(SC2=Nc3ccccc3C2)o1. The summed E-state index contributed by atoms with van der Waals surface area (Å²) in [5.74, 6) is -0.00532. The molecule has 0 unspecified atom stereocenters. The van der Waals surface area contributed by atoms with Gasteiger partial charge in [0.1, 0.15) is 11.5 Å². The van der Waals surface area contributed by atoms with E-state index in [1.54, 1.807) is 13.1 Å². The topological polar surface area (TPSA) is 96.7 Å². The summed E-state index contributed by atoms with van der Waals surface area (Å²) < 4.78 is 11.5. The monoisotopic (exact) mass is 473 g/mol. The number of furan rings is 1. The molecule has 0 fully saturated rings. The summed E-state index contributed by atoms with van der Waals surface area (Å²) >= 11 is 1.51. The van der Waals surface area contributed by atoms with Crippen molar-refractivity contribution in [3.63, 3.8) is 0 Å². The number of para-hydroxylation sites is 1. The maximum absolute atomic E-state index is 13.0. The average Bonchev–Trinajstić information content (AvgIpc) is 3.56. The predicted octanol–water partition coefficient (Wildman–Crippen LogP) is 5.73. The van der Waals surface area contributed by atoms with Crippen molar-refractivity contribution in [2.75, 3.05) is 11.9 Å². The number of carbonyl (C=O) groups is 2. The molecule has 8 heteroatoms. The third-order valence-corrected chi connectivity index (χ3v) is 7.30. The summed E-state index contributed by atoms with van der Waals surface area (Å²) in [7, 11) is 0. The van der Waals surface area contributed by atoms with Crippen molar-refractivity contribution < 1.29 is 18.7 Å². The molecule has 0 spiro atoms. The number of aromatic amines is 1. The van der Waals surface area contributed by atoms with E-state index in [-0.39, 0.29) is 18.3 Å². The number of thioether (sulfide) groups is 1. The molecular formula is C26H23N3O4S. The standard InChI is InChI=1S/C26H23N3O4S/c1-2-32-26(31)25-24-15(13-27-25)22(23-17(29-24)8-5-9-18(23)30)19-10-11-21(33-19)34-20-12-14-6-3-4-7-16(14)28-20/h3-4,6-7,10-11,13,22,27,29H,2,5,8-9,12H2,1H3/t22-/m0/s1. The molecule has 3 aromatic rings. The summed E-state index contributed by atoms with van der Waals surface area (Å²) in [6.45, 7) is 2.06. The molecule has 3 aliphatic rings. The zero-order valence-corrected chi connectivity index (χ0v) is 19.5. The Labute approximate surface area is 200 Å². The van der Waals surface area contributed by atoms with Crippen LogP contribution < -0.4 is 5.32 Å². The van der Waals surface area contributed by atoms with Gasteiger partial charge in [-0.1, -0.05) is 18.2 Å². The number of nitrogens with zero attached hydrogens (tertiary/aromatic N) is 1. The maximum atomic E-state index is 13.0. The van der Waals surface area contributed by atoms with Crippen LogP contribution in [0.4, 0.5) is 11.4 Å². The number of allylic oxidation sites excluding steroid dienone is 2. The third-order valence-electron chi connectivity index (χ3n) is 6.41. The molecule has 172 valence electrons. The van der Waals surface area contributed by atoms with Gasteiger partial charge in [-0.3, -0.25) is 4.79 Å². The van der Waals surface area contributed by atoms with Gasteiger partial charge in [-0.25, -0.2) is 9.79 Å². The van der Waals surface area contributed by atoms with E-state index < -0.39 is 5.97 Å². The molecule has 2 N–H and O–H groups in total. The van der Waals surface area contributed by atoms with Crippen molar-refractivity contribution >= 4 is 39.9 Å². The lowest BCUT2D eigenvalue weighted by Crippen LogP contribution is -2.26. The molecule has 1 aromatic carbocycles. The van der Waals surface area contributed by atoms with Gasteiger partial charge in [0.05, 0.1) is 28.9 Å². The molecule has 2 aliphatic heterocycles. The van der Waals surface area contributed by atoms with Crippen molar-refractivity contribution in [2.45, 2.75) is 43.6 Å². The Morgan fingerprint density at radius 2 is 2.12 bits per heavy atom. The van der Waals surface area contributed by atoms with E-state index in [1.165, 1.54) is 17.3 Å². The maximum Gasteiger partial charge on any atom is 0.356 e. The number of benzene rings is 1. The highest BCUT2D eigenvalue weighted by atomic mass is 32.2. The summed E-state index contributed by atoms with van der Waals surface area (Å²) in [5.41, 5.74) is 5.64. The molecule has 0 bridgehead atoms. The second-order valence-electron chi connectivity index (χ2n) is 8.51. The van der Waals surface area contributed by atoms with E-state index >= 15 is 0 Å². The van der Waals surface area contributed by atoms with Crippen molar-refractivity contribution in [1.82, 2.24) is 4.98 Å². The van der Waals surface area contributed by atoms with Crippen LogP contribution in [0.25, 0.3) is 0 Å². The molecule has 7 nitrogen and oxygen atoms in total. The Balaban J connectivity index is 1.35. The second kappa shape index (κ2) is 8.36. The van der Waals surface area contributed by atoms with Crippen LogP contribution in [0.3, 0.4) is 0 Å². The number of H-pyrrole nitrogens is 1. The summed E-state index contributed by atoms with van der Waals surface area (Å²) in [6, 6.07) is 12.0. The number of aliphatic imine (C=N–C) groups is 1. The fourth-order valence-electron chi connectivity index (χ4n) is 4.92. The number of hydrogen-bond donors (Lipinski definition) is 2. The summed E-state index contributed by atoms with van der Waals surface area (Å²) in [6.07, 6.45) is 4.60. The molecule has 4 heterocycles. The van der Waals surface area contributed by atoms with Gasteiger partial charge < -0.3 is 19.5 Å². The number of ether oxygens (including phenoxy) is 1. The average molecular weight is 474 g/mol. The van der Waals surface area contributed by atoms with Gasteiger partial charge in [0, 0.05) is 35.9 Å². The van der Waals surface area contributed by atoms with E-state index in [4.69, 9.17) is 14.1 Å². The first-order valence-corrected chi connectivity index (χ1v) is 12.3. The minimum atomic E-state index is -0.421. The number of fused-ring (bicyclic) bond motifs is 2. The number of ketones is 1. The van der Waals surface area contributed by atoms with Crippen molar-refractivity contribution in [3.05, 3.63) is 76.4 Å². The van der Waals surface area contributed by atoms with Gasteiger partial charge in [0.25, 0.3) is 0 Å². The van der Waals surface area contributed by atoms with E-state index in [2.05, 4.69) is 16.4 Å². The Morgan fingerprint density at radius 1 is 1.24 bits per heavy atom. The minimum Gasteiger partial charge on any atom is -0.461 e. The normalized spacial score (nSPS) is 18.7. The lowest BCUT2D eigenvalue weighted by molar-refractivity contribution is -0.116. The van der Waals surface area contributed by atoms with Crippen LogP contribution in [-0.2, 0) is 16.0 Å². The fourth-order valence-corrected chi connectivity index (χ4v) is 5.80. The molecule has 0 saturated heterocycles. The van der Waals surface area contributed by atoms with Gasteiger partial charge in [-0.2, -0.15) is 0 Å². The zero-order chi connectivity index (χ0) is 23.2. The summed E-state index contributed by atoms with van der Waals surface area (Å²) in [4.78, 5) is 33.3. The number of anilines is 1. The van der Waals surface area contributed by atoms with Crippen LogP contribution in [-0.4, -0.2) is 28.4 Å². The fraction of sp³-hybridized carbons (Fsp3) is 0.269. The lowest BCUT2D eigenvalue weighted by atomic mass is 9.78. The minimum absolute atomic E-state index is 0.115. The van der Waals surface area contributed by atoms with Gasteiger partial charge in [0.2, 0.25) is 0 Å². The predicted molar refractivity (Wildman–Crippen MR) is 130 cm³/mol. The van der Waals surface area contributed by atoms with Crippen molar-refractivity contribution in [3.8, 4) is 0 Å². The number of Topliss-reactive ketones (excluding diaryl/α,β-unsaturated/α-hetero) is 1. The van der Waals surface area contributed by atoms with Crippen LogP contribution in [0.2, 0.25) is 0 Å². The Bertz CT molecular complexity index is 1380. The molecule has 6 rings (SSSR count). The molecule has 1 aliphatic carbocycles. The first kappa shape index (κ1) is 21.0. The van der Waals surface area contributed by atoms with Crippen LogP contribution in [0.5, 0.6) is 0 Å². The number of aromatic nitrogens is 1. The number of hydrogen-bond acceptors (Lipinski definition) is 7. The van der Waals surface area contributed by atoms with Crippen molar-refractivity contribution in [2.24, 2.45) is 4.99 Å². The van der Waals surface area contributed by atoms with Gasteiger partial charge in [0.15, 0.2) is 10.9 Å². The van der Waals surface area contributed by atoms with Gasteiger partial charge in [-0.05, 0) is 55.3 Å². The van der Waals surface area contributed by atoms with E-state index in [9.17, 15) is 9.59 Å². The van der Waals surface area contributed by atoms with E-state index in [1.807, 2.05) is 30.3 Å². The van der Waals surface area contributed by atoms with Crippen LogP contribution in [0.1, 0.15) is 59.5 Å². The smallest absolute Gasteiger partial charge is 0.356 e. The highest BCUT2D eigenvalue weighted by Gasteiger charge is 2.39. The number of carbonyl (C=O) groups excluding carboxylic acids is 2. The van der Waals surface area contributed by atoms with Gasteiger partial charge in [-0.15, -0.1) is 0 Å². The van der Waals surface area contributed by atoms with Crippen molar-refractivity contribution in [1.29, 1.82) is 0 Å². The largest absolute Gasteiger partial charge is 0.461 e. The second-order valence-corrected chi connectivity index (χ2v) is 9.59. The van der Waals surface area contributed by atoms with Crippen LogP contribution >= 0.6 is 11.8 Å². The molecular weight excluding hydrogens is 450 g/mol. The first-order chi connectivity index (χ1) is 16.6. The number of esters is 1. The van der Waals surface area contributed by atoms with Crippen LogP contribution in [0.15, 0.2) is 68.4 Å².